The van der Waals surface area contributed by atoms with Crippen molar-refractivity contribution in [1.82, 2.24) is 10.6 Å². The van der Waals surface area contributed by atoms with E-state index in [1.54, 1.807) is 6.07 Å². The Morgan fingerprint density at radius 3 is 2.64 bits per heavy atom. The Labute approximate surface area is 135 Å². The summed E-state index contributed by atoms with van der Waals surface area (Å²) in [5.41, 5.74) is 0. The SMILES string of the molecule is O=C(COC(=O)CNC(=O)c1ccc(Br)o1)NC1CCCC1. The number of hydrogen-bond acceptors (Lipinski definition) is 5. The average Bonchev–Trinajstić information content (AvgIpc) is 3.14. The highest BCUT2D eigenvalue weighted by Gasteiger charge is 2.18. The molecule has 2 rings (SSSR count). The molecule has 1 heterocycles. The van der Waals surface area contributed by atoms with Gasteiger partial charge in [0.15, 0.2) is 17.0 Å². The van der Waals surface area contributed by atoms with Crippen LogP contribution >= 0.6 is 15.9 Å². The molecule has 8 heteroatoms. The first-order valence-electron chi connectivity index (χ1n) is 7.03. The summed E-state index contributed by atoms with van der Waals surface area (Å²) in [5.74, 6) is -1.45. The maximum atomic E-state index is 11.6. The Bertz CT molecular complexity index is 551. The molecule has 22 heavy (non-hydrogen) atoms. The first-order chi connectivity index (χ1) is 10.5. The van der Waals surface area contributed by atoms with Gasteiger partial charge in [0, 0.05) is 6.04 Å². The van der Waals surface area contributed by atoms with Crippen LogP contribution in [0.4, 0.5) is 0 Å². The Kier molecular flexibility index (Phi) is 6.00. The maximum absolute atomic E-state index is 11.6. The predicted molar refractivity (Wildman–Crippen MR) is 80.1 cm³/mol. The third-order valence-electron chi connectivity index (χ3n) is 3.27. The van der Waals surface area contributed by atoms with E-state index >= 15 is 0 Å². The van der Waals surface area contributed by atoms with Crippen molar-refractivity contribution in [2.75, 3.05) is 13.2 Å². The summed E-state index contributed by atoms with van der Waals surface area (Å²) in [7, 11) is 0. The molecule has 120 valence electrons. The second kappa shape index (κ2) is 7.98. The molecule has 0 aliphatic heterocycles. The van der Waals surface area contributed by atoms with Gasteiger partial charge in [-0.2, -0.15) is 0 Å². The monoisotopic (exact) mass is 372 g/mol. The van der Waals surface area contributed by atoms with E-state index < -0.39 is 11.9 Å². The highest BCUT2D eigenvalue weighted by atomic mass is 79.9. The van der Waals surface area contributed by atoms with Crippen LogP contribution < -0.4 is 10.6 Å². The molecule has 1 aliphatic carbocycles. The lowest BCUT2D eigenvalue weighted by Crippen LogP contribution is -2.37. The van der Waals surface area contributed by atoms with Crippen LogP contribution in [0.25, 0.3) is 0 Å². The van der Waals surface area contributed by atoms with Crippen LogP contribution in [-0.2, 0) is 14.3 Å². The van der Waals surface area contributed by atoms with Gasteiger partial charge in [-0.05, 0) is 40.9 Å². The molecular weight excluding hydrogens is 356 g/mol. The van der Waals surface area contributed by atoms with Gasteiger partial charge in [-0.15, -0.1) is 0 Å². The lowest BCUT2D eigenvalue weighted by molar-refractivity contribution is -0.147. The van der Waals surface area contributed by atoms with Gasteiger partial charge < -0.3 is 19.8 Å². The number of rotatable bonds is 6. The van der Waals surface area contributed by atoms with Gasteiger partial charge in [-0.25, -0.2) is 0 Å². The summed E-state index contributed by atoms with van der Waals surface area (Å²) in [4.78, 5) is 34.7. The number of esters is 1. The lowest BCUT2D eigenvalue weighted by Gasteiger charge is -2.11. The lowest BCUT2D eigenvalue weighted by atomic mass is 10.2. The molecular formula is C14H17BrN2O5. The van der Waals surface area contributed by atoms with E-state index in [1.165, 1.54) is 6.07 Å². The second-order valence-electron chi connectivity index (χ2n) is 5.00. The Balaban J connectivity index is 1.63. The molecule has 1 aromatic rings. The second-order valence-corrected chi connectivity index (χ2v) is 5.78. The summed E-state index contributed by atoms with van der Waals surface area (Å²) in [6, 6.07) is 3.23. The molecule has 0 bridgehead atoms. The van der Waals surface area contributed by atoms with E-state index in [-0.39, 0.29) is 30.9 Å². The van der Waals surface area contributed by atoms with Crippen LogP contribution in [0.5, 0.6) is 0 Å². The van der Waals surface area contributed by atoms with Crippen LogP contribution in [0.15, 0.2) is 21.2 Å². The number of halogens is 1. The first-order valence-corrected chi connectivity index (χ1v) is 7.82. The van der Waals surface area contributed by atoms with Gasteiger partial charge in [-0.1, -0.05) is 12.8 Å². The Morgan fingerprint density at radius 2 is 2.00 bits per heavy atom. The van der Waals surface area contributed by atoms with Gasteiger partial charge in [0.25, 0.3) is 11.8 Å². The number of carbonyl (C=O) groups is 3. The number of ether oxygens (including phenoxy) is 1. The zero-order valence-electron chi connectivity index (χ0n) is 11.9. The fraction of sp³-hybridized carbons (Fsp3) is 0.500. The van der Waals surface area contributed by atoms with Crippen molar-refractivity contribution in [2.24, 2.45) is 0 Å². The summed E-state index contributed by atoms with van der Waals surface area (Å²) in [5, 5.41) is 5.15. The van der Waals surface area contributed by atoms with Crippen molar-refractivity contribution < 1.29 is 23.5 Å². The molecule has 0 atom stereocenters. The topological polar surface area (TPSA) is 97.6 Å². The summed E-state index contributed by atoms with van der Waals surface area (Å²) >= 11 is 3.07. The molecule has 1 fully saturated rings. The van der Waals surface area contributed by atoms with Crippen LogP contribution in [0, 0.1) is 0 Å². The van der Waals surface area contributed by atoms with E-state index in [0.717, 1.165) is 25.7 Å². The fourth-order valence-electron chi connectivity index (χ4n) is 2.21. The molecule has 1 saturated carbocycles. The summed E-state index contributed by atoms with van der Waals surface area (Å²) in [6.45, 7) is -0.661. The van der Waals surface area contributed by atoms with Crippen LogP contribution in [0.1, 0.15) is 36.2 Å². The van der Waals surface area contributed by atoms with Crippen LogP contribution in [0.2, 0.25) is 0 Å². The van der Waals surface area contributed by atoms with Gasteiger partial charge in [-0.3, -0.25) is 14.4 Å². The minimum absolute atomic E-state index is 0.0821. The molecule has 0 spiro atoms. The third-order valence-corrected chi connectivity index (χ3v) is 3.70. The molecule has 1 aliphatic rings. The van der Waals surface area contributed by atoms with Crippen molar-refractivity contribution in [1.29, 1.82) is 0 Å². The van der Waals surface area contributed by atoms with E-state index in [9.17, 15) is 14.4 Å². The van der Waals surface area contributed by atoms with Gasteiger partial charge in [0.05, 0.1) is 0 Å². The van der Waals surface area contributed by atoms with Crippen molar-refractivity contribution in [3.05, 3.63) is 22.6 Å². The first kappa shape index (κ1) is 16.5. The highest BCUT2D eigenvalue weighted by molar-refractivity contribution is 9.10. The Hall–Kier alpha value is -1.83. The number of carbonyl (C=O) groups excluding carboxylic acids is 3. The summed E-state index contributed by atoms with van der Waals surface area (Å²) < 4.78 is 10.3. The predicted octanol–water partition coefficient (Wildman–Crippen LogP) is 1.37. The number of nitrogens with one attached hydrogen (secondary N) is 2. The van der Waals surface area contributed by atoms with Crippen molar-refractivity contribution in [3.63, 3.8) is 0 Å². The fourth-order valence-corrected chi connectivity index (χ4v) is 2.52. The molecule has 0 radical (unpaired) electrons. The van der Waals surface area contributed by atoms with Gasteiger partial charge in [0.1, 0.15) is 6.54 Å². The third kappa shape index (κ3) is 5.18. The average molecular weight is 373 g/mol. The Morgan fingerprint density at radius 1 is 1.27 bits per heavy atom. The smallest absolute Gasteiger partial charge is 0.325 e. The molecule has 2 N–H and O–H groups in total. The number of hydrogen-bond donors (Lipinski definition) is 2. The van der Waals surface area contributed by atoms with Gasteiger partial charge in [0.2, 0.25) is 0 Å². The van der Waals surface area contributed by atoms with Gasteiger partial charge >= 0.3 is 5.97 Å². The zero-order chi connectivity index (χ0) is 15.9. The molecule has 0 aromatic carbocycles. The molecule has 1 aromatic heterocycles. The highest BCUT2D eigenvalue weighted by Crippen LogP contribution is 2.17. The quantitative estimate of drug-likeness (QED) is 0.735. The van der Waals surface area contributed by atoms with Crippen LogP contribution in [-0.4, -0.2) is 37.0 Å². The largest absolute Gasteiger partial charge is 0.454 e. The minimum Gasteiger partial charge on any atom is -0.454 e. The zero-order valence-corrected chi connectivity index (χ0v) is 13.5. The number of furan rings is 1. The van der Waals surface area contributed by atoms with E-state index in [4.69, 9.17) is 9.15 Å². The molecule has 0 unspecified atom stereocenters. The maximum Gasteiger partial charge on any atom is 0.325 e. The van der Waals surface area contributed by atoms with Crippen molar-refractivity contribution >= 4 is 33.7 Å². The molecule has 2 amide bonds. The minimum atomic E-state index is -0.680. The van der Waals surface area contributed by atoms with E-state index in [0.29, 0.717) is 4.67 Å². The van der Waals surface area contributed by atoms with E-state index in [1.807, 2.05) is 0 Å². The van der Waals surface area contributed by atoms with Crippen molar-refractivity contribution in [2.45, 2.75) is 31.7 Å². The molecule has 0 saturated heterocycles. The standard InChI is InChI=1S/C14H17BrN2O5/c15-11-6-5-10(22-11)14(20)16-7-13(19)21-8-12(18)17-9-3-1-2-4-9/h5-6,9H,1-4,7-8H2,(H,16,20)(H,17,18). The number of amides is 2. The van der Waals surface area contributed by atoms with Crippen LogP contribution in [0.3, 0.4) is 0 Å². The molecule has 7 nitrogen and oxygen atoms in total. The van der Waals surface area contributed by atoms with Crippen molar-refractivity contribution in [3.8, 4) is 0 Å². The normalized spacial score (nSPS) is 14.6. The van der Waals surface area contributed by atoms with E-state index in [2.05, 4.69) is 26.6 Å². The summed E-state index contributed by atoms with van der Waals surface area (Å²) in [6.07, 6.45) is 4.15.